The maximum atomic E-state index is 13.4. The molecule has 4 rings (SSSR count). The summed E-state index contributed by atoms with van der Waals surface area (Å²) in [4.78, 5) is 11.0. The summed E-state index contributed by atoms with van der Waals surface area (Å²) in [6.45, 7) is 4.49. The van der Waals surface area contributed by atoms with Crippen LogP contribution in [0.2, 0.25) is 0 Å². The van der Waals surface area contributed by atoms with Gasteiger partial charge in [0, 0.05) is 31.8 Å². The molecule has 0 radical (unpaired) electrons. The number of aliphatic hydroxyl groups is 1. The summed E-state index contributed by atoms with van der Waals surface area (Å²) in [6.07, 6.45) is 4.76. The smallest absolute Gasteiger partial charge is 0.328 e. The number of sulfonamides is 1. The maximum Gasteiger partial charge on any atom is 0.328 e. The number of β-amino-alcohol motifs (C(OH)–C–C–N with tert-alkyl or cyclic N) is 1. The number of nitrogens with one attached hydrogen (secondary N) is 1. The van der Waals surface area contributed by atoms with Crippen LogP contribution in [0.15, 0.2) is 83.8 Å². The summed E-state index contributed by atoms with van der Waals surface area (Å²) in [5.74, 6) is -0.497. The molecule has 40 heavy (non-hydrogen) atoms. The molecule has 8 heteroatoms. The minimum atomic E-state index is -3.85. The van der Waals surface area contributed by atoms with E-state index in [-0.39, 0.29) is 23.5 Å². The van der Waals surface area contributed by atoms with Crippen LogP contribution in [0.25, 0.3) is 17.2 Å². The Hall–Kier alpha value is -3.30. The SMILES string of the molecule is CN(C[C@H](O)CNC(C)(C)CC1Cc2ccccc2C1)S(=O)(=O)c1cccc(-c2cccc(/C=C/C(=O)O)c2)c1. The van der Waals surface area contributed by atoms with Crippen molar-refractivity contribution in [3.05, 3.63) is 95.6 Å². The predicted molar refractivity (Wildman–Crippen MR) is 158 cm³/mol. The normalized spacial score (nSPS) is 15.0. The molecule has 3 N–H and O–H groups in total. The number of carbonyl (C=O) groups is 1. The summed E-state index contributed by atoms with van der Waals surface area (Å²) >= 11 is 0. The molecule has 0 bridgehead atoms. The van der Waals surface area contributed by atoms with Crippen LogP contribution in [0.5, 0.6) is 0 Å². The Labute approximate surface area is 237 Å². The second-order valence-electron chi connectivity index (χ2n) is 11.3. The van der Waals surface area contributed by atoms with Crippen molar-refractivity contribution in [2.24, 2.45) is 5.92 Å². The van der Waals surface area contributed by atoms with Gasteiger partial charge in [0.1, 0.15) is 0 Å². The van der Waals surface area contributed by atoms with E-state index in [0.717, 1.165) is 30.9 Å². The van der Waals surface area contributed by atoms with Crippen LogP contribution in [-0.4, -0.2) is 60.7 Å². The van der Waals surface area contributed by atoms with Crippen LogP contribution < -0.4 is 5.32 Å². The molecule has 1 aliphatic rings. The van der Waals surface area contributed by atoms with Gasteiger partial charge in [-0.25, -0.2) is 13.2 Å². The molecule has 0 fully saturated rings. The van der Waals surface area contributed by atoms with E-state index in [4.69, 9.17) is 5.11 Å². The molecule has 1 aliphatic carbocycles. The molecule has 3 aromatic carbocycles. The fraction of sp³-hybridized carbons (Fsp3) is 0.344. The standard InChI is InChI=1S/C32H38N2O5S/c1-32(2,20-24-17-25-9-4-5-10-26(25)18-24)33-21-29(35)22-34(3)40(38,39)30-13-7-12-28(19-30)27-11-6-8-23(16-27)14-15-31(36)37/h4-16,19,24,29,33,35H,17-18,20-22H2,1-3H3,(H,36,37)/b15-14+/t29-/m1/s1. The molecule has 0 aromatic heterocycles. The number of benzene rings is 3. The number of carboxylic acids is 1. The molecule has 7 nitrogen and oxygen atoms in total. The summed E-state index contributed by atoms with van der Waals surface area (Å²) in [5.41, 5.74) is 4.79. The predicted octanol–water partition coefficient (Wildman–Crippen LogP) is 4.61. The number of rotatable bonds is 12. The van der Waals surface area contributed by atoms with Gasteiger partial charge in [-0.1, -0.05) is 54.6 Å². The average Bonchev–Trinajstić information content (AvgIpc) is 3.32. The first-order chi connectivity index (χ1) is 18.9. The second-order valence-corrected chi connectivity index (χ2v) is 13.3. The van der Waals surface area contributed by atoms with Gasteiger partial charge < -0.3 is 15.5 Å². The van der Waals surface area contributed by atoms with Gasteiger partial charge in [-0.2, -0.15) is 4.31 Å². The third kappa shape index (κ3) is 7.67. The van der Waals surface area contributed by atoms with E-state index in [9.17, 15) is 18.3 Å². The van der Waals surface area contributed by atoms with Crippen LogP contribution in [0.3, 0.4) is 0 Å². The van der Waals surface area contributed by atoms with Crippen molar-refractivity contribution in [3.8, 4) is 11.1 Å². The highest BCUT2D eigenvalue weighted by molar-refractivity contribution is 7.89. The Kier molecular flexibility index (Phi) is 9.26. The third-order valence-electron chi connectivity index (χ3n) is 7.40. The Balaban J connectivity index is 1.35. The summed E-state index contributed by atoms with van der Waals surface area (Å²) < 4.78 is 27.9. The van der Waals surface area contributed by atoms with E-state index in [1.807, 2.05) is 12.1 Å². The first kappa shape index (κ1) is 29.7. The number of hydrogen-bond acceptors (Lipinski definition) is 5. The van der Waals surface area contributed by atoms with Crippen molar-refractivity contribution in [1.29, 1.82) is 0 Å². The molecule has 0 heterocycles. The van der Waals surface area contributed by atoms with Gasteiger partial charge in [0.05, 0.1) is 11.0 Å². The number of aliphatic carboxylic acids is 1. The highest BCUT2D eigenvalue weighted by Gasteiger charge is 2.29. The van der Waals surface area contributed by atoms with Crippen LogP contribution in [0, 0.1) is 5.92 Å². The number of likely N-dealkylation sites (N-methyl/N-ethyl adjacent to an activating group) is 1. The van der Waals surface area contributed by atoms with Crippen LogP contribution in [0.1, 0.15) is 37.0 Å². The van der Waals surface area contributed by atoms with E-state index in [0.29, 0.717) is 17.0 Å². The fourth-order valence-corrected chi connectivity index (χ4v) is 6.70. The highest BCUT2D eigenvalue weighted by atomic mass is 32.2. The van der Waals surface area contributed by atoms with Crippen molar-refractivity contribution in [2.45, 2.75) is 49.6 Å². The van der Waals surface area contributed by atoms with Crippen molar-refractivity contribution in [1.82, 2.24) is 9.62 Å². The van der Waals surface area contributed by atoms with Crippen LogP contribution in [0.4, 0.5) is 0 Å². The minimum Gasteiger partial charge on any atom is -0.478 e. The molecular formula is C32H38N2O5S. The Morgan fingerprint density at radius 3 is 2.30 bits per heavy atom. The van der Waals surface area contributed by atoms with Crippen molar-refractivity contribution in [2.75, 3.05) is 20.1 Å². The number of fused-ring (bicyclic) bond motifs is 1. The van der Waals surface area contributed by atoms with Crippen molar-refractivity contribution in [3.63, 3.8) is 0 Å². The molecule has 3 aromatic rings. The molecule has 0 saturated carbocycles. The fourth-order valence-electron chi connectivity index (χ4n) is 5.45. The molecule has 212 valence electrons. The topological polar surface area (TPSA) is 107 Å². The zero-order valence-corrected chi connectivity index (χ0v) is 24.1. The molecule has 1 atom stereocenters. The van der Waals surface area contributed by atoms with Crippen molar-refractivity contribution >= 4 is 22.1 Å². The summed E-state index contributed by atoms with van der Waals surface area (Å²) in [6, 6.07) is 22.4. The van der Waals surface area contributed by atoms with Crippen molar-refractivity contribution < 1.29 is 23.4 Å². The summed E-state index contributed by atoms with van der Waals surface area (Å²) in [7, 11) is -2.37. The van der Waals surface area contributed by atoms with E-state index in [1.165, 1.54) is 34.6 Å². The quantitative estimate of drug-likeness (QED) is 0.279. The molecule has 0 amide bonds. The summed E-state index contributed by atoms with van der Waals surface area (Å²) in [5, 5.41) is 23.1. The van der Waals surface area contributed by atoms with E-state index in [1.54, 1.807) is 30.3 Å². The Bertz CT molecular complexity index is 1460. The van der Waals surface area contributed by atoms with E-state index >= 15 is 0 Å². The number of nitrogens with zero attached hydrogens (tertiary/aromatic N) is 1. The van der Waals surface area contributed by atoms with Gasteiger partial charge in [0.15, 0.2) is 0 Å². The lowest BCUT2D eigenvalue weighted by atomic mass is 9.88. The Morgan fingerprint density at radius 1 is 1.02 bits per heavy atom. The molecular weight excluding hydrogens is 524 g/mol. The lowest BCUT2D eigenvalue weighted by Crippen LogP contribution is -2.47. The lowest BCUT2D eigenvalue weighted by Gasteiger charge is -2.31. The zero-order valence-electron chi connectivity index (χ0n) is 23.2. The largest absolute Gasteiger partial charge is 0.478 e. The molecule has 0 aliphatic heterocycles. The van der Waals surface area contributed by atoms with Gasteiger partial charge >= 0.3 is 5.97 Å². The number of aliphatic hydroxyl groups excluding tert-OH is 1. The van der Waals surface area contributed by atoms with Crippen LogP contribution in [-0.2, 0) is 27.7 Å². The average molecular weight is 563 g/mol. The highest BCUT2D eigenvalue weighted by Crippen LogP contribution is 2.32. The van der Waals surface area contributed by atoms with E-state index in [2.05, 4.69) is 43.4 Å². The lowest BCUT2D eigenvalue weighted by molar-refractivity contribution is -0.131. The van der Waals surface area contributed by atoms with Gasteiger partial charge in [-0.15, -0.1) is 0 Å². The van der Waals surface area contributed by atoms with E-state index < -0.39 is 22.1 Å². The minimum absolute atomic E-state index is 0.0417. The molecule has 0 unspecified atom stereocenters. The first-order valence-corrected chi connectivity index (χ1v) is 14.9. The van der Waals surface area contributed by atoms with Gasteiger partial charge in [0.25, 0.3) is 0 Å². The van der Waals surface area contributed by atoms with Gasteiger partial charge in [-0.05, 0) is 91.1 Å². The van der Waals surface area contributed by atoms with Gasteiger partial charge in [-0.3, -0.25) is 0 Å². The zero-order chi connectivity index (χ0) is 28.9. The number of hydrogen-bond donors (Lipinski definition) is 3. The molecule has 0 spiro atoms. The maximum absolute atomic E-state index is 13.4. The van der Waals surface area contributed by atoms with Gasteiger partial charge in [0.2, 0.25) is 10.0 Å². The molecule has 0 saturated heterocycles. The second kappa shape index (κ2) is 12.5. The monoisotopic (exact) mass is 562 g/mol. The Morgan fingerprint density at radius 2 is 1.65 bits per heavy atom. The third-order valence-corrected chi connectivity index (χ3v) is 9.22. The first-order valence-electron chi connectivity index (χ1n) is 13.5. The van der Waals surface area contributed by atoms with Crippen LogP contribution >= 0.6 is 0 Å². The number of carboxylic acid groups (broad SMARTS) is 1.